The zero-order valence-corrected chi connectivity index (χ0v) is 17.8. The number of benzene rings is 1. The fraction of sp³-hybridized carbons (Fsp3) is 0.611. The van der Waals surface area contributed by atoms with E-state index in [9.17, 15) is 23.3 Å². The number of ether oxygens (including phenoxy) is 2. The zero-order chi connectivity index (χ0) is 21.8. The summed E-state index contributed by atoms with van der Waals surface area (Å²) in [7, 11) is -4.09. The SMILES string of the molecule is CC(C)(C)OCC(NS(=O)(=O)Cc1ccccc1[N+](=O)[O-])C(=O)OC(C)(C)C. The first kappa shape index (κ1) is 24.0. The van der Waals surface area contributed by atoms with Crippen molar-refractivity contribution in [3.8, 4) is 0 Å². The van der Waals surface area contributed by atoms with E-state index in [0.29, 0.717) is 0 Å². The summed E-state index contributed by atoms with van der Waals surface area (Å²) < 4.78 is 38.2. The van der Waals surface area contributed by atoms with E-state index in [1.807, 2.05) is 0 Å². The van der Waals surface area contributed by atoms with E-state index in [0.717, 1.165) is 0 Å². The molecule has 1 N–H and O–H groups in total. The van der Waals surface area contributed by atoms with E-state index in [-0.39, 0.29) is 17.9 Å². The molecule has 0 heterocycles. The van der Waals surface area contributed by atoms with Gasteiger partial charge in [0.15, 0.2) is 0 Å². The average Bonchev–Trinajstić information content (AvgIpc) is 2.48. The maximum absolute atomic E-state index is 12.6. The molecule has 0 aliphatic rings. The molecule has 28 heavy (non-hydrogen) atoms. The fourth-order valence-electron chi connectivity index (χ4n) is 2.13. The maximum atomic E-state index is 12.6. The van der Waals surface area contributed by atoms with E-state index in [4.69, 9.17) is 9.47 Å². The van der Waals surface area contributed by atoms with Crippen molar-refractivity contribution in [2.24, 2.45) is 0 Å². The van der Waals surface area contributed by atoms with Crippen molar-refractivity contribution in [1.29, 1.82) is 0 Å². The molecule has 0 aliphatic carbocycles. The van der Waals surface area contributed by atoms with Gasteiger partial charge in [-0.25, -0.2) is 8.42 Å². The standard InChI is InChI=1S/C18H28N2O7S/c1-17(2,3)26-11-14(16(21)27-18(4,5)6)19-28(24,25)12-13-9-7-8-10-15(13)20(22)23/h7-10,14,19H,11-12H2,1-6H3. The zero-order valence-electron chi connectivity index (χ0n) is 17.0. The number of carbonyl (C=O) groups is 1. The third-order valence-corrected chi connectivity index (χ3v) is 4.56. The number of nitro benzene ring substituents is 1. The van der Waals surface area contributed by atoms with Crippen molar-refractivity contribution < 1.29 is 27.6 Å². The Hall–Kier alpha value is -2.04. The molecule has 0 amide bonds. The predicted molar refractivity (Wildman–Crippen MR) is 104 cm³/mol. The van der Waals surface area contributed by atoms with Crippen LogP contribution in [-0.2, 0) is 30.0 Å². The van der Waals surface area contributed by atoms with Crippen molar-refractivity contribution in [3.05, 3.63) is 39.9 Å². The molecule has 1 aromatic carbocycles. The molecule has 158 valence electrons. The highest BCUT2D eigenvalue weighted by atomic mass is 32.2. The first-order valence-electron chi connectivity index (χ1n) is 8.69. The molecule has 9 nitrogen and oxygen atoms in total. The number of carbonyl (C=O) groups excluding carboxylic acids is 1. The van der Waals surface area contributed by atoms with Gasteiger partial charge in [-0.15, -0.1) is 0 Å². The molecule has 1 aromatic rings. The molecular formula is C18H28N2O7S. The van der Waals surface area contributed by atoms with Crippen LogP contribution < -0.4 is 4.72 Å². The number of nitrogens with zero attached hydrogens (tertiary/aromatic N) is 1. The minimum absolute atomic E-state index is 0.0136. The topological polar surface area (TPSA) is 125 Å². The van der Waals surface area contributed by atoms with Crippen LogP contribution in [0.2, 0.25) is 0 Å². The summed E-state index contributed by atoms with van der Waals surface area (Å²) in [5.74, 6) is -1.44. The highest BCUT2D eigenvalue weighted by Gasteiger charge is 2.31. The number of nitrogens with one attached hydrogen (secondary N) is 1. The van der Waals surface area contributed by atoms with Crippen LogP contribution in [0, 0.1) is 10.1 Å². The van der Waals surface area contributed by atoms with Gasteiger partial charge in [-0.1, -0.05) is 18.2 Å². The van der Waals surface area contributed by atoms with Crippen LogP contribution in [-0.4, -0.2) is 43.2 Å². The Morgan fingerprint density at radius 2 is 1.71 bits per heavy atom. The summed E-state index contributed by atoms with van der Waals surface area (Å²) in [5.41, 5.74) is -1.72. The van der Waals surface area contributed by atoms with Crippen molar-refractivity contribution >= 4 is 21.7 Å². The maximum Gasteiger partial charge on any atom is 0.327 e. The van der Waals surface area contributed by atoms with Crippen LogP contribution in [0.15, 0.2) is 24.3 Å². The number of para-hydroxylation sites is 1. The predicted octanol–water partition coefficient (Wildman–Crippen LogP) is 2.54. The summed E-state index contributed by atoms with van der Waals surface area (Å²) in [5, 5.41) is 11.1. The van der Waals surface area contributed by atoms with Gasteiger partial charge in [-0.2, -0.15) is 4.72 Å². The quantitative estimate of drug-likeness (QED) is 0.392. The van der Waals surface area contributed by atoms with Crippen molar-refractivity contribution in [2.75, 3.05) is 6.61 Å². The minimum atomic E-state index is -4.09. The molecule has 10 heteroatoms. The Morgan fingerprint density at radius 1 is 1.14 bits per heavy atom. The molecule has 1 rings (SSSR count). The summed E-state index contributed by atoms with van der Waals surface area (Å²) in [6.07, 6.45) is 0. The Balaban J connectivity index is 3.05. The van der Waals surface area contributed by atoms with Gasteiger partial charge in [0.2, 0.25) is 10.0 Å². The van der Waals surface area contributed by atoms with Crippen LogP contribution >= 0.6 is 0 Å². The van der Waals surface area contributed by atoms with E-state index in [1.54, 1.807) is 41.5 Å². The van der Waals surface area contributed by atoms with E-state index >= 15 is 0 Å². The highest BCUT2D eigenvalue weighted by Crippen LogP contribution is 2.20. The number of sulfonamides is 1. The fourth-order valence-corrected chi connectivity index (χ4v) is 3.47. The van der Waals surface area contributed by atoms with Gasteiger partial charge in [-0.3, -0.25) is 14.9 Å². The highest BCUT2D eigenvalue weighted by molar-refractivity contribution is 7.88. The van der Waals surface area contributed by atoms with Crippen LogP contribution in [0.1, 0.15) is 47.1 Å². The third kappa shape index (κ3) is 8.77. The molecule has 0 saturated heterocycles. The van der Waals surface area contributed by atoms with Gasteiger partial charge in [-0.05, 0) is 41.5 Å². The minimum Gasteiger partial charge on any atom is -0.459 e. The number of nitro groups is 1. The molecule has 0 bridgehead atoms. The Labute approximate surface area is 165 Å². The van der Waals surface area contributed by atoms with Crippen molar-refractivity contribution in [3.63, 3.8) is 0 Å². The van der Waals surface area contributed by atoms with Gasteiger partial charge in [0.25, 0.3) is 5.69 Å². The average molecular weight is 416 g/mol. The van der Waals surface area contributed by atoms with Gasteiger partial charge in [0.05, 0.1) is 22.9 Å². The molecule has 1 unspecified atom stereocenters. The molecule has 1 atom stereocenters. The van der Waals surface area contributed by atoms with Crippen LogP contribution in [0.5, 0.6) is 0 Å². The Bertz CT molecular complexity index is 808. The second-order valence-electron chi connectivity index (χ2n) is 8.27. The van der Waals surface area contributed by atoms with Crippen LogP contribution in [0.25, 0.3) is 0 Å². The summed E-state index contributed by atoms with van der Waals surface area (Å²) in [6.45, 7) is 10.0. The first-order valence-corrected chi connectivity index (χ1v) is 10.3. The molecule has 0 spiro atoms. The van der Waals surface area contributed by atoms with E-state index in [1.165, 1.54) is 24.3 Å². The lowest BCUT2D eigenvalue weighted by atomic mass is 10.2. The van der Waals surface area contributed by atoms with Crippen LogP contribution in [0.4, 0.5) is 5.69 Å². The molecule has 0 saturated carbocycles. The summed E-state index contributed by atoms with van der Waals surface area (Å²) >= 11 is 0. The first-order chi connectivity index (χ1) is 12.6. The molecule has 0 fully saturated rings. The Morgan fingerprint density at radius 3 is 2.21 bits per heavy atom. The van der Waals surface area contributed by atoms with Crippen molar-refractivity contribution in [1.82, 2.24) is 4.72 Å². The monoisotopic (exact) mass is 416 g/mol. The lowest BCUT2D eigenvalue weighted by Gasteiger charge is -2.27. The number of rotatable bonds is 8. The second kappa shape index (κ2) is 8.97. The molecule has 0 aromatic heterocycles. The second-order valence-corrected chi connectivity index (χ2v) is 10.0. The van der Waals surface area contributed by atoms with Gasteiger partial charge in [0, 0.05) is 11.6 Å². The van der Waals surface area contributed by atoms with Gasteiger partial charge in [0.1, 0.15) is 11.6 Å². The molecule has 0 radical (unpaired) electrons. The number of esters is 1. The third-order valence-electron chi connectivity index (χ3n) is 3.23. The van der Waals surface area contributed by atoms with E-state index in [2.05, 4.69) is 4.72 Å². The van der Waals surface area contributed by atoms with Crippen molar-refractivity contribution in [2.45, 2.75) is 64.5 Å². The van der Waals surface area contributed by atoms with Gasteiger partial charge < -0.3 is 9.47 Å². The summed E-state index contributed by atoms with van der Waals surface area (Å²) in [6, 6.07) is 4.24. The van der Waals surface area contributed by atoms with Crippen LogP contribution in [0.3, 0.4) is 0 Å². The van der Waals surface area contributed by atoms with E-state index < -0.39 is 43.9 Å². The van der Waals surface area contributed by atoms with Gasteiger partial charge >= 0.3 is 5.97 Å². The molecule has 0 aliphatic heterocycles. The smallest absolute Gasteiger partial charge is 0.327 e. The normalized spacial score (nSPS) is 13.8. The molecular weight excluding hydrogens is 388 g/mol. The largest absolute Gasteiger partial charge is 0.459 e. The lowest BCUT2D eigenvalue weighted by Crippen LogP contribution is -2.48. The number of hydrogen-bond acceptors (Lipinski definition) is 7. The lowest BCUT2D eigenvalue weighted by molar-refractivity contribution is -0.385. The number of hydrogen-bond donors (Lipinski definition) is 1. The summed E-state index contributed by atoms with van der Waals surface area (Å²) in [4.78, 5) is 22.9. The Kier molecular flexibility index (Phi) is 7.69.